The van der Waals surface area contributed by atoms with Gasteiger partial charge >= 0.3 is 0 Å². The van der Waals surface area contributed by atoms with Gasteiger partial charge in [-0.25, -0.2) is 39.7 Å². The van der Waals surface area contributed by atoms with E-state index in [0.717, 1.165) is 46.4 Å². The molecule has 6 aromatic heterocycles. The second-order valence-electron chi connectivity index (χ2n) is 11.1. The number of rotatable bonds is 4. The highest BCUT2D eigenvalue weighted by atomic mass is 127. The number of pyridine rings is 3. The zero-order chi connectivity index (χ0) is 36.5. The molecule has 0 aliphatic carbocycles. The summed E-state index contributed by atoms with van der Waals surface area (Å²) in [6.07, 6.45) is 8.33. The number of nitrogens with one attached hydrogen (secondary N) is 1. The standard InChI is InChI=1S/C14H10BrIN2O2S.C14H11BrN2O2S.C7H5BrN2/c1-9-2-4-10(5-3-9)21(19,20)18-13(16)8-11-12(15)6-7-17-14(11)18;1-10-2-4-11(5-3-10)20(18,19)17-9-7-12-13(15)6-8-16-14(12)17;8-6-2-4-10-7-5(6)1-3-9-7/h2-8H,1H3;2-9H,1H3;1-4H,(H,9,10). The molecule has 1 N–H and O–H groups in total. The molecule has 6 heterocycles. The van der Waals surface area contributed by atoms with E-state index < -0.39 is 20.0 Å². The van der Waals surface area contributed by atoms with Crippen molar-refractivity contribution in [3.05, 3.63) is 144 Å². The molecule has 0 saturated carbocycles. The van der Waals surface area contributed by atoms with Crippen LogP contribution in [-0.4, -0.2) is 44.7 Å². The van der Waals surface area contributed by atoms with Crippen molar-refractivity contribution in [1.82, 2.24) is 27.9 Å². The van der Waals surface area contributed by atoms with Gasteiger partial charge in [0.1, 0.15) is 5.65 Å². The largest absolute Gasteiger partial charge is 0.346 e. The smallest absolute Gasteiger partial charge is 0.270 e. The summed E-state index contributed by atoms with van der Waals surface area (Å²) in [6, 6.07) is 24.6. The van der Waals surface area contributed by atoms with Crippen LogP contribution < -0.4 is 0 Å². The van der Waals surface area contributed by atoms with E-state index in [0.29, 0.717) is 15.0 Å². The number of nitrogens with zero attached hydrogens (tertiary/aromatic N) is 5. The van der Waals surface area contributed by atoms with E-state index >= 15 is 0 Å². The van der Waals surface area contributed by atoms with Gasteiger partial charge in [0, 0.05) is 60.6 Å². The van der Waals surface area contributed by atoms with Crippen molar-refractivity contribution in [3.63, 3.8) is 0 Å². The number of hydrogen-bond donors (Lipinski definition) is 1. The Labute approximate surface area is 333 Å². The maximum atomic E-state index is 12.9. The van der Waals surface area contributed by atoms with Gasteiger partial charge in [0.25, 0.3) is 20.0 Å². The molecule has 8 rings (SSSR count). The number of aryl methyl sites for hydroxylation is 2. The average Bonchev–Trinajstić information content (AvgIpc) is 3.85. The summed E-state index contributed by atoms with van der Waals surface area (Å²) < 4.78 is 56.8. The van der Waals surface area contributed by atoms with Gasteiger partial charge in [-0.2, -0.15) is 0 Å². The molecule has 0 spiro atoms. The molecule has 0 amide bonds. The summed E-state index contributed by atoms with van der Waals surface area (Å²) in [7, 11) is -7.28. The number of fused-ring (bicyclic) bond motifs is 3. The molecule has 2 aromatic carbocycles. The zero-order valence-corrected chi connectivity index (χ0v) is 35.2. The lowest BCUT2D eigenvalue weighted by molar-refractivity contribution is 0.586. The van der Waals surface area contributed by atoms with Crippen molar-refractivity contribution in [3.8, 4) is 0 Å². The Hall–Kier alpha value is -3.42. The Kier molecular flexibility index (Phi) is 11.2. The van der Waals surface area contributed by atoms with Gasteiger partial charge < -0.3 is 4.98 Å². The predicted octanol–water partition coefficient (Wildman–Crippen LogP) is 9.62. The first-order valence-electron chi connectivity index (χ1n) is 14.9. The van der Waals surface area contributed by atoms with Crippen LogP contribution in [0.1, 0.15) is 11.1 Å². The average molecular weight is 1030 g/mol. The molecular formula is C35H26Br3IN6O4S2. The van der Waals surface area contributed by atoms with E-state index in [9.17, 15) is 16.8 Å². The molecule has 16 heteroatoms. The number of aromatic nitrogens is 6. The van der Waals surface area contributed by atoms with E-state index in [1.54, 1.807) is 91.4 Å². The van der Waals surface area contributed by atoms with Gasteiger partial charge in [-0.15, -0.1) is 0 Å². The highest BCUT2D eigenvalue weighted by Gasteiger charge is 2.24. The molecule has 10 nitrogen and oxygen atoms in total. The Morgan fingerprint density at radius 1 is 0.608 bits per heavy atom. The monoisotopic (exact) mass is 1020 g/mol. The van der Waals surface area contributed by atoms with Crippen LogP contribution in [0, 0.1) is 17.5 Å². The SMILES string of the molecule is Brc1ccnc2[nH]ccc12.Cc1ccc(S(=O)(=O)n2c(I)cc3c(Br)ccnc32)cc1.Cc1ccc(S(=O)(=O)n2ccc3c(Br)ccnc32)cc1. The summed E-state index contributed by atoms with van der Waals surface area (Å²) >= 11 is 12.2. The summed E-state index contributed by atoms with van der Waals surface area (Å²) in [6.45, 7) is 3.84. The number of aromatic amines is 1. The third kappa shape index (κ3) is 7.71. The second-order valence-corrected chi connectivity index (χ2v) is 18.3. The van der Waals surface area contributed by atoms with Crippen molar-refractivity contribution in [2.24, 2.45) is 0 Å². The van der Waals surface area contributed by atoms with Gasteiger partial charge in [-0.1, -0.05) is 35.4 Å². The highest BCUT2D eigenvalue weighted by Crippen LogP contribution is 2.30. The van der Waals surface area contributed by atoms with Crippen LogP contribution in [0.3, 0.4) is 0 Å². The fourth-order valence-electron chi connectivity index (χ4n) is 4.98. The van der Waals surface area contributed by atoms with Crippen molar-refractivity contribution >= 4 is 124 Å². The van der Waals surface area contributed by atoms with E-state index in [1.165, 1.54) is 14.1 Å². The lowest BCUT2D eigenvalue weighted by atomic mass is 10.2. The van der Waals surface area contributed by atoms with Gasteiger partial charge in [0.2, 0.25) is 0 Å². The quantitative estimate of drug-likeness (QED) is 0.174. The molecule has 0 radical (unpaired) electrons. The van der Waals surface area contributed by atoms with Crippen molar-refractivity contribution < 1.29 is 16.8 Å². The van der Waals surface area contributed by atoms with Crippen LogP contribution in [0.5, 0.6) is 0 Å². The van der Waals surface area contributed by atoms with Gasteiger partial charge in [-0.3, -0.25) is 0 Å². The fourth-order valence-corrected chi connectivity index (χ4v) is 10.2. The lowest BCUT2D eigenvalue weighted by Gasteiger charge is -2.09. The van der Waals surface area contributed by atoms with Gasteiger partial charge in [0.05, 0.1) is 13.5 Å². The van der Waals surface area contributed by atoms with E-state index in [-0.39, 0.29) is 9.79 Å². The minimum atomic E-state index is -3.66. The molecule has 0 atom stereocenters. The zero-order valence-electron chi connectivity index (χ0n) is 26.7. The molecule has 0 aliphatic rings. The fraction of sp³-hybridized carbons (Fsp3) is 0.0571. The number of benzene rings is 2. The molecule has 51 heavy (non-hydrogen) atoms. The molecule has 0 aliphatic heterocycles. The third-order valence-electron chi connectivity index (χ3n) is 7.61. The van der Waals surface area contributed by atoms with E-state index in [2.05, 4.69) is 67.7 Å². The summed E-state index contributed by atoms with van der Waals surface area (Å²) in [5.41, 5.74) is 3.80. The maximum absolute atomic E-state index is 12.9. The number of H-pyrrole nitrogens is 1. The Balaban J connectivity index is 0.000000140. The minimum Gasteiger partial charge on any atom is -0.346 e. The Morgan fingerprint density at radius 2 is 1.12 bits per heavy atom. The number of halogens is 4. The van der Waals surface area contributed by atoms with Crippen LogP contribution in [0.25, 0.3) is 33.1 Å². The van der Waals surface area contributed by atoms with Crippen LogP contribution in [0.15, 0.2) is 139 Å². The van der Waals surface area contributed by atoms with Crippen molar-refractivity contribution in [1.29, 1.82) is 0 Å². The molecular weight excluding hydrogens is 999 g/mol. The number of hydrogen-bond acceptors (Lipinski definition) is 7. The van der Waals surface area contributed by atoms with Crippen LogP contribution in [0.4, 0.5) is 0 Å². The highest BCUT2D eigenvalue weighted by molar-refractivity contribution is 14.1. The molecule has 0 bridgehead atoms. The van der Waals surface area contributed by atoms with Crippen LogP contribution in [0.2, 0.25) is 0 Å². The molecule has 0 unspecified atom stereocenters. The van der Waals surface area contributed by atoms with E-state index in [1.807, 2.05) is 54.8 Å². The molecule has 260 valence electrons. The van der Waals surface area contributed by atoms with Crippen LogP contribution >= 0.6 is 70.4 Å². The summed E-state index contributed by atoms with van der Waals surface area (Å²) in [4.78, 5) is 16.0. The second kappa shape index (κ2) is 15.3. The normalized spacial score (nSPS) is 11.6. The molecule has 0 saturated heterocycles. The maximum Gasteiger partial charge on any atom is 0.270 e. The first-order chi connectivity index (χ1) is 24.3. The molecule has 8 aromatic rings. The topological polar surface area (TPSA) is 133 Å². The third-order valence-corrected chi connectivity index (χ3v) is 14.2. The summed E-state index contributed by atoms with van der Waals surface area (Å²) in [5, 5.41) is 2.67. The Bertz CT molecular complexity index is 2750. The lowest BCUT2D eigenvalue weighted by Crippen LogP contribution is -2.14. The summed E-state index contributed by atoms with van der Waals surface area (Å²) in [5.74, 6) is 0. The predicted molar refractivity (Wildman–Crippen MR) is 219 cm³/mol. The van der Waals surface area contributed by atoms with Crippen LogP contribution in [-0.2, 0) is 20.0 Å². The van der Waals surface area contributed by atoms with E-state index in [4.69, 9.17) is 0 Å². The Morgan fingerprint density at radius 3 is 1.71 bits per heavy atom. The van der Waals surface area contributed by atoms with Crippen molar-refractivity contribution in [2.45, 2.75) is 23.6 Å². The first-order valence-corrected chi connectivity index (χ1v) is 21.3. The van der Waals surface area contributed by atoms with Gasteiger partial charge in [0.15, 0.2) is 11.3 Å². The first kappa shape index (κ1) is 37.3. The van der Waals surface area contributed by atoms with Gasteiger partial charge in [-0.05, 0) is 145 Å². The minimum absolute atomic E-state index is 0.252. The van der Waals surface area contributed by atoms with Crippen molar-refractivity contribution in [2.75, 3.05) is 0 Å². The molecule has 0 fully saturated rings.